The number of carboxylic acid groups (broad SMARTS) is 1. The van der Waals surface area contributed by atoms with E-state index in [9.17, 15) is 29.1 Å². The topological polar surface area (TPSA) is 258 Å². The molecule has 0 aliphatic rings. The molecule has 0 saturated carbocycles. The summed E-state index contributed by atoms with van der Waals surface area (Å²) in [4.78, 5) is 63.0. The van der Waals surface area contributed by atoms with Crippen LogP contribution in [0, 0.1) is 0 Å². The van der Waals surface area contributed by atoms with Crippen LogP contribution in [0.15, 0.2) is 4.99 Å². The second-order valence-electron chi connectivity index (χ2n) is 7.08. The van der Waals surface area contributed by atoms with Crippen LogP contribution in [0.5, 0.6) is 0 Å². The van der Waals surface area contributed by atoms with E-state index < -0.39 is 54.3 Å². The van der Waals surface area contributed by atoms with Crippen LogP contribution in [0.1, 0.15) is 32.1 Å². The third-order valence-electron chi connectivity index (χ3n) is 4.28. The Hall–Kier alpha value is -3.07. The maximum atomic E-state index is 12.6. The van der Waals surface area contributed by atoms with Gasteiger partial charge in [-0.3, -0.25) is 24.2 Å². The summed E-state index contributed by atoms with van der Waals surface area (Å²) in [6.45, 7) is -0.249. The van der Waals surface area contributed by atoms with E-state index in [4.69, 9.17) is 22.9 Å². The summed E-state index contributed by atoms with van der Waals surface area (Å²) in [5, 5.41) is 16.4. The van der Waals surface area contributed by atoms with Crippen LogP contribution < -0.4 is 38.9 Å². The van der Waals surface area contributed by atoms with E-state index in [1.54, 1.807) is 0 Å². The fourth-order valence-corrected chi connectivity index (χ4v) is 3.00. The molecule has 0 aromatic carbocycles. The van der Waals surface area contributed by atoms with Gasteiger partial charge in [0.05, 0.1) is 12.6 Å². The molecule has 0 fully saturated rings. The summed E-state index contributed by atoms with van der Waals surface area (Å²) in [7, 11) is 0. The first-order valence-electron chi connectivity index (χ1n) is 10.2. The molecule has 0 spiro atoms. The zero-order valence-corrected chi connectivity index (χ0v) is 19.4. The number of rotatable bonds is 17. The van der Waals surface area contributed by atoms with Gasteiger partial charge in [0.2, 0.25) is 23.6 Å². The van der Waals surface area contributed by atoms with Gasteiger partial charge >= 0.3 is 5.97 Å². The van der Waals surface area contributed by atoms with Crippen LogP contribution in [-0.4, -0.2) is 83.9 Å². The van der Waals surface area contributed by atoms with Gasteiger partial charge in [-0.15, -0.1) is 0 Å². The van der Waals surface area contributed by atoms with Crippen LogP contribution in [0.3, 0.4) is 0 Å². The number of hydrogen-bond acceptors (Lipinski definition) is 8. The summed E-state index contributed by atoms with van der Waals surface area (Å²) < 4.78 is 0. The van der Waals surface area contributed by atoms with E-state index in [2.05, 4.69) is 20.9 Å². The lowest BCUT2D eigenvalue weighted by molar-refractivity contribution is -0.142. The smallest absolute Gasteiger partial charge is 0.326 e. The molecule has 0 rings (SSSR count). The first kappa shape index (κ1) is 29.9. The highest BCUT2D eigenvalue weighted by molar-refractivity contribution is 7.98. The Bertz CT molecular complexity index is 716. The van der Waals surface area contributed by atoms with Gasteiger partial charge in [-0.25, -0.2) is 4.79 Å². The molecule has 14 nitrogen and oxygen atoms in total. The Morgan fingerprint density at radius 1 is 0.970 bits per heavy atom. The summed E-state index contributed by atoms with van der Waals surface area (Å²) in [6, 6.07) is -3.29. The number of amides is 4. The molecule has 15 heteroatoms. The van der Waals surface area contributed by atoms with Crippen molar-refractivity contribution in [2.45, 2.75) is 50.2 Å². The number of hydrogen-bond donors (Lipinski definition) is 8. The van der Waals surface area contributed by atoms with Crippen molar-refractivity contribution in [2.24, 2.45) is 27.9 Å². The third-order valence-corrected chi connectivity index (χ3v) is 4.93. The van der Waals surface area contributed by atoms with Crippen molar-refractivity contribution in [3.63, 3.8) is 0 Å². The number of thioether (sulfide) groups is 1. The number of nitrogens with zero attached hydrogens (tertiary/aromatic N) is 1. The largest absolute Gasteiger partial charge is 0.480 e. The highest BCUT2D eigenvalue weighted by atomic mass is 32.2. The molecular weight excluding hydrogens is 456 g/mol. The van der Waals surface area contributed by atoms with Crippen LogP contribution in [0.25, 0.3) is 0 Å². The third kappa shape index (κ3) is 14.6. The summed E-state index contributed by atoms with van der Waals surface area (Å²) >= 11 is 1.53. The Labute approximate surface area is 196 Å². The number of primary amides is 1. The van der Waals surface area contributed by atoms with Gasteiger partial charge in [0.1, 0.15) is 12.1 Å². The lowest BCUT2D eigenvalue weighted by Crippen LogP contribution is -2.53. The number of aliphatic imine (C=N–C) groups is 1. The Kier molecular flexibility index (Phi) is 15.0. The zero-order chi connectivity index (χ0) is 25.4. The lowest BCUT2D eigenvalue weighted by Gasteiger charge is -2.21. The SMILES string of the molecule is CSCCC(N)C(=O)NCC(=O)NC(CCCN=C(N)N)C(=O)NC(CCC(N)=O)C(=O)O. The molecule has 0 saturated heterocycles. The van der Waals surface area contributed by atoms with Crippen molar-refractivity contribution >= 4 is 47.3 Å². The van der Waals surface area contributed by atoms with E-state index >= 15 is 0 Å². The van der Waals surface area contributed by atoms with Gasteiger partial charge in [0, 0.05) is 13.0 Å². The highest BCUT2D eigenvalue weighted by Gasteiger charge is 2.27. The standard InChI is InChI=1S/C18H34N8O6S/c1-33-8-6-10(19)15(29)24-9-14(28)25-11(3-2-7-23-18(21)22)16(30)26-12(17(31)32)4-5-13(20)27/h10-12H,2-9,19H2,1H3,(H2,20,27)(H,24,29)(H,25,28)(H,26,30)(H,31,32)(H4,21,22,23). The van der Waals surface area contributed by atoms with Crippen molar-refractivity contribution < 1.29 is 29.1 Å². The van der Waals surface area contributed by atoms with E-state index in [1.165, 1.54) is 11.8 Å². The molecule has 3 unspecified atom stereocenters. The Balaban J connectivity index is 5.04. The maximum Gasteiger partial charge on any atom is 0.326 e. The molecule has 0 radical (unpaired) electrons. The van der Waals surface area contributed by atoms with Crippen LogP contribution in [0.2, 0.25) is 0 Å². The van der Waals surface area contributed by atoms with Crippen molar-refractivity contribution in [1.82, 2.24) is 16.0 Å². The van der Waals surface area contributed by atoms with Gasteiger partial charge in [-0.1, -0.05) is 0 Å². The molecular formula is C18H34N8O6S. The van der Waals surface area contributed by atoms with Crippen molar-refractivity contribution in [3.05, 3.63) is 0 Å². The number of nitrogens with one attached hydrogen (secondary N) is 3. The molecule has 0 aliphatic heterocycles. The predicted octanol–water partition coefficient (Wildman–Crippen LogP) is -3.44. The molecule has 12 N–H and O–H groups in total. The minimum absolute atomic E-state index is 0.0810. The minimum atomic E-state index is -1.38. The summed E-state index contributed by atoms with van der Waals surface area (Å²) in [5.41, 5.74) is 21.3. The quantitative estimate of drug-likeness (QED) is 0.0568. The van der Waals surface area contributed by atoms with E-state index in [-0.39, 0.29) is 31.8 Å². The lowest BCUT2D eigenvalue weighted by atomic mass is 10.1. The first-order valence-corrected chi connectivity index (χ1v) is 11.6. The van der Waals surface area contributed by atoms with Gasteiger partial charge in [0.15, 0.2) is 5.96 Å². The number of carboxylic acids is 1. The molecule has 4 amide bonds. The molecule has 0 bridgehead atoms. The summed E-state index contributed by atoms with van der Waals surface area (Å²) in [5.74, 6) is -3.51. The van der Waals surface area contributed by atoms with Crippen molar-refractivity contribution in [1.29, 1.82) is 0 Å². The van der Waals surface area contributed by atoms with E-state index in [0.29, 0.717) is 18.6 Å². The molecule has 0 heterocycles. The second kappa shape index (κ2) is 16.5. The van der Waals surface area contributed by atoms with Crippen molar-refractivity contribution in [2.75, 3.05) is 25.1 Å². The van der Waals surface area contributed by atoms with Crippen molar-refractivity contribution in [3.8, 4) is 0 Å². The van der Waals surface area contributed by atoms with Crippen LogP contribution in [-0.2, 0) is 24.0 Å². The van der Waals surface area contributed by atoms with Crippen LogP contribution in [0.4, 0.5) is 0 Å². The molecule has 0 aromatic heterocycles. The fourth-order valence-electron chi connectivity index (χ4n) is 2.51. The summed E-state index contributed by atoms with van der Waals surface area (Å²) in [6.07, 6.45) is 2.22. The van der Waals surface area contributed by atoms with Gasteiger partial charge in [0.25, 0.3) is 0 Å². The second-order valence-corrected chi connectivity index (χ2v) is 8.06. The number of carbonyl (C=O) groups is 5. The number of aliphatic carboxylic acids is 1. The zero-order valence-electron chi connectivity index (χ0n) is 18.5. The average Bonchev–Trinajstić information content (AvgIpc) is 2.74. The Morgan fingerprint density at radius 2 is 1.64 bits per heavy atom. The maximum absolute atomic E-state index is 12.6. The number of carbonyl (C=O) groups excluding carboxylic acids is 4. The molecule has 33 heavy (non-hydrogen) atoms. The predicted molar refractivity (Wildman–Crippen MR) is 124 cm³/mol. The Morgan fingerprint density at radius 3 is 2.18 bits per heavy atom. The first-order chi connectivity index (χ1) is 15.5. The average molecular weight is 491 g/mol. The number of nitrogens with two attached hydrogens (primary N) is 4. The fraction of sp³-hybridized carbons (Fsp3) is 0.667. The molecule has 0 aliphatic carbocycles. The van der Waals surface area contributed by atoms with Gasteiger partial charge in [-0.05, 0) is 37.7 Å². The molecule has 3 atom stereocenters. The molecule has 0 aromatic rings. The van der Waals surface area contributed by atoms with Crippen LogP contribution >= 0.6 is 11.8 Å². The van der Waals surface area contributed by atoms with Gasteiger partial charge in [-0.2, -0.15) is 11.8 Å². The van der Waals surface area contributed by atoms with E-state index in [0.717, 1.165) is 0 Å². The monoisotopic (exact) mass is 490 g/mol. The minimum Gasteiger partial charge on any atom is -0.480 e. The highest BCUT2D eigenvalue weighted by Crippen LogP contribution is 2.03. The molecule has 188 valence electrons. The van der Waals surface area contributed by atoms with E-state index in [1.807, 2.05) is 6.26 Å². The number of guanidine groups is 1. The van der Waals surface area contributed by atoms with Gasteiger partial charge < -0.3 is 44.0 Å². The normalized spacial score (nSPS) is 13.2.